The van der Waals surface area contributed by atoms with Crippen LogP contribution in [0.1, 0.15) is 26.7 Å². The lowest BCUT2D eigenvalue weighted by Crippen LogP contribution is -2.11. The summed E-state index contributed by atoms with van der Waals surface area (Å²) in [6.45, 7) is 6.56. The molecule has 0 saturated heterocycles. The summed E-state index contributed by atoms with van der Waals surface area (Å²) in [5, 5.41) is 0. The third-order valence-corrected chi connectivity index (χ3v) is 1.29. The van der Waals surface area contributed by atoms with Crippen molar-refractivity contribution in [1.82, 2.24) is 0 Å². The van der Waals surface area contributed by atoms with Gasteiger partial charge in [0.25, 0.3) is 0 Å². The minimum atomic E-state index is 0.170. The Morgan fingerprint density at radius 1 is 1.45 bits per heavy atom. The summed E-state index contributed by atoms with van der Waals surface area (Å²) in [7, 11) is 0. The molecule has 1 radical (unpaired) electrons. The highest BCUT2D eigenvalue weighted by Gasteiger charge is 2.00. The van der Waals surface area contributed by atoms with Crippen LogP contribution in [0.15, 0.2) is 0 Å². The van der Waals surface area contributed by atoms with Gasteiger partial charge in [-0.1, -0.05) is 6.92 Å². The molecule has 0 aromatic carbocycles. The molecule has 0 rings (SSSR count). The third kappa shape index (κ3) is 7.33. The molecule has 0 spiro atoms. The first kappa shape index (κ1) is 10.4. The number of rotatable bonds is 7. The molecule has 0 bridgehead atoms. The summed E-state index contributed by atoms with van der Waals surface area (Å²) in [6.07, 6.45) is 1.93. The summed E-state index contributed by atoms with van der Waals surface area (Å²) >= 11 is 0. The molecule has 0 heterocycles. The minimum Gasteiger partial charge on any atom is -0.457 e. The molecule has 65 valence electrons. The topological polar surface area (TPSA) is 35.5 Å². The van der Waals surface area contributed by atoms with E-state index in [1.54, 1.807) is 0 Å². The van der Waals surface area contributed by atoms with Crippen LogP contribution in [0.2, 0.25) is 0 Å². The molecule has 1 unspecified atom stereocenters. The predicted octanol–water partition coefficient (Wildman–Crippen LogP) is 1.28. The lowest BCUT2D eigenvalue weighted by atomic mass is 10.3. The molecule has 0 aromatic heterocycles. The second kappa shape index (κ2) is 7.54. The van der Waals surface area contributed by atoms with E-state index in [4.69, 9.17) is 4.74 Å². The quantitative estimate of drug-likeness (QED) is 0.525. The van der Waals surface area contributed by atoms with E-state index in [0.29, 0.717) is 6.61 Å². The van der Waals surface area contributed by atoms with Crippen LogP contribution in [0.25, 0.3) is 0 Å². The van der Waals surface area contributed by atoms with E-state index < -0.39 is 0 Å². The van der Waals surface area contributed by atoms with Gasteiger partial charge in [0.1, 0.15) is 0 Å². The summed E-state index contributed by atoms with van der Waals surface area (Å²) in [5.41, 5.74) is 0. The van der Waals surface area contributed by atoms with Crippen molar-refractivity contribution in [2.45, 2.75) is 32.8 Å². The molecular weight excluding hydrogens is 144 g/mol. The Morgan fingerprint density at radius 3 is 2.73 bits per heavy atom. The normalized spacial score (nSPS) is 12.5. The molecule has 0 aliphatic heterocycles. The highest BCUT2D eigenvalue weighted by Crippen LogP contribution is 1.97. The summed E-state index contributed by atoms with van der Waals surface area (Å²) in [5.74, 6) is 0. The van der Waals surface area contributed by atoms with Gasteiger partial charge in [0.05, 0.1) is 12.7 Å². The lowest BCUT2D eigenvalue weighted by molar-refractivity contribution is 0.0495. The smallest absolute Gasteiger partial charge is 0.417 e. The first-order valence-corrected chi connectivity index (χ1v) is 3.91. The van der Waals surface area contributed by atoms with Crippen molar-refractivity contribution >= 4 is 6.47 Å². The molecule has 3 nitrogen and oxygen atoms in total. The largest absolute Gasteiger partial charge is 0.457 e. The Labute approximate surface area is 67.7 Å². The van der Waals surface area contributed by atoms with Gasteiger partial charge in [-0.3, -0.25) is 0 Å². The van der Waals surface area contributed by atoms with Crippen molar-refractivity contribution in [1.29, 1.82) is 0 Å². The van der Waals surface area contributed by atoms with Crippen LogP contribution >= 0.6 is 0 Å². The van der Waals surface area contributed by atoms with Crippen LogP contribution in [0, 0.1) is 0 Å². The Bertz CT molecular complexity index is 93.3. The van der Waals surface area contributed by atoms with Crippen LogP contribution < -0.4 is 0 Å². The van der Waals surface area contributed by atoms with Crippen molar-refractivity contribution < 1.29 is 14.3 Å². The third-order valence-electron chi connectivity index (χ3n) is 1.29. The number of ether oxygens (including phenoxy) is 2. The second-order valence-electron chi connectivity index (χ2n) is 2.40. The van der Waals surface area contributed by atoms with Crippen LogP contribution in [0.4, 0.5) is 0 Å². The fourth-order valence-corrected chi connectivity index (χ4v) is 0.669. The van der Waals surface area contributed by atoms with Gasteiger partial charge in [-0.2, -0.15) is 0 Å². The molecule has 0 saturated carbocycles. The van der Waals surface area contributed by atoms with E-state index in [1.165, 1.54) is 6.47 Å². The molecule has 0 N–H and O–H groups in total. The maximum atomic E-state index is 9.61. The molecule has 1 atom stereocenters. The fraction of sp³-hybridized carbons (Fsp3) is 0.875. The van der Waals surface area contributed by atoms with E-state index in [9.17, 15) is 4.79 Å². The van der Waals surface area contributed by atoms with Crippen LogP contribution in [-0.2, 0) is 14.3 Å². The van der Waals surface area contributed by atoms with Crippen LogP contribution in [0.3, 0.4) is 0 Å². The van der Waals surface area contributed by atoms with Crippen molar-refractivity contribution in [3.05, 3.63) is 0 Å². The zero-order chi connectivity index (χ0) is 8.53. The number of carbonyl (C=O) groups excluding carboxylic acids is 1. The van der Waals surface area contributed by atoms with Gasteiger partial charge in [-0.05, 0) is 13.3 Å². The highest BCUT2D eigenvalue weighted by molar-refractivity contribution is 5.37. The van der Waals surface area contributed by atoms with E-state index >= 15 is 0 Å². The zero-order valence-corrected chi connectivity index (χ0v) is 7.13. The van der Waals surface area contributed by atoms with Gasteiger partial charge in [0.2, 0.25) is 0 Å². The zero-order valence-electron chi connectivity index (χ0n) is 7.13. The Morgan fingerprint density at radius 2 is 2.18 bits per heavy atom. The molecule has 11 heavy (non-hydrogen) atoms. The Hall–Kier alpha value is -0.570. The van der Waals surface area contributed by atoms with Gasteiger partial charge in [0.15, 0.2) is 0 Å². The monoisotopic (exact) mass is 159 g/mol. The lowest BCUT2D eigenvalue weighted by Gasteiger charge is -2.10. The summed E-state index contributed by atoms with van der Waals surface area (Å²) in [4.78, 5) is 9.61. The maximum absolute atomic E-state index is 9.61. The molecule has 0 aliphatic carbocycles. The van der Waals surface area contributed by atoms with Crippen molar-refractivity contribution in [2.75, 3.05) is 13.2 Å². The summed E-state index contributed by atoms with van der Waals surface area (Å²) < 4.78 is 9.73. The van der Waals surface area contributed by atoms with Gasteiger partial charge < -0.3 is 9.47 Å². The first-order chi connectivity index (χ1) is 5.31. The Balaban J connectivity index is 3.08. The molecule has 0 amide bonds. The van der Waals surface area contributed by atoms with Gasteiger partial charge >= 0.3 is 6.47 Å². The van der Waals surface area contributed by atoms with Crippen molar-refractivity contribution in [3.63, 3.8) is 0 Å². The second-order valence-corrected chi connectivity index (χ2v) is 2.40. The average Bonchev–Trinajstić information content (AvgIpc) is 2.01. The molecule has 0 fully saturated rings. The van der Waals surface area contributed by atoms with Gasteiger partial charge in [-0.25, -0.2) is 4.79 Å². The van der Waals surface area contributed by atoms with E-state index in [-0.39, 0.29) is 6.10 Å². The van der Waals surface area contributed by atoms with Crippen LogP contribution in [0.5, 0.6) is 0 Å². The maximum Gasteiger partial charge on any atom is 0.417 e. The van der Waals surface area contributed by atoms with Crippen molar-refractivity contribution in [2.24, 2.45) is 0 Å². The standard InChI is InChI=1S/C8H15O3/c1-3-5-11-8(2)4-6-10-7-9/h8H,3-6H2,1-2H3. The number of hydrogen-bond donors (Lipinski definition) is 0. The number of hydrogen-bond acceptors (Lipinski definition) is 3. The molecule has 3 heteroatoms. The van der Waals surface area contributed by atoms with Crippen LogP contribution in [-0.4, -0.2) is 25.8 Å². The first-order valence-electron chi connectivity index (χ1n) is 3.91. The Kier molecular flexibility index (Phi) is 7.15. The molecular formula is C8H15O3. The average molecular weight is 159 g/mol. The van der Waals surface area contributed by atoms with Gasteiger partial charge in [0, 0.05) is 13.0 Å². The SMILES string of the molecule is CCCOC(C)CCO[C]=O. The summed E-state index contributed by atoms with van der Waals surface area (Å²) in [6, 6.07) is 0. The fourth-order valence-electron chi connectivity index (χ4n) is 0.669. The van der Waals surface area contributed by atoms with E-state index in [2.05, 4.69) is 11.7 Å². The van der Waals surface area contributed by atoms with Gasteiger partial charge in [-0.15, -0.1) is 0 Å². The minimum absolute atomic E-state index is 0.170. The predicted molar refractivity (Wildman–Crippen MR) is 42.0 cm³/mol. The van der Waals surface area contributed by atoms with Crippen molar-refractivity contribution in [3.8, 4) is 0 Å². The van der Waals surface area contributed by atoms with E-state index in [1.807, 2.05) is 6.92 Å². The van der Waals surface area contributed by atoms with E-state index in [0.717, 1.165) is 19.4 Å². The molecule has 0 aliphatic rings. The molecule has 0 aromatic rings. The highest BCUT2D eigenvalue weighted by atomic mass is 16.5.